The molecule has 0 bridgehead atoms. The van der Waals surface area contributed by atoms with Crippen molar-refractivity contribution in [2.24, 2.45) is 5.73 Å². The third kappa shape index (κ3) is 4.56. The van der Waals surface area contributed by atoms with Crippen LogP contribution in [-0.4, -0.2) is 38.9 Å². The van der Waals surface area contributed by atoms with E-state index >= 15 is 0 Å². The van der Waals surface area contributed by atoms with Gasteiger partial charge < -0.3 is 21.3 Å². The van der Waals surface area contributed by atoms with Gasteiger partial charge in [0.15, 0.2) is 0 Å². The minimum atomic E-state index is -1.33. The number of aromatic carboxylic acids is 2. The Balaban J connectivity index is 2.05. The highest BCUT2D eigenvalue weighted by Crippen LogP contribution is 2.28. The Morgan fingerprint density at radius 2 is 1.52 bits per heavy atom. The fourth-order valence-electron chi connectivity index (χ4n) is 2.96. The van der Waals surface area contributed by atoms with Crippen LogP contribution in [0.3, 0.4) is 0 Å². The molecule has 0 aliphatic heterocycles. The zero-order chi connectivity index (χ0) is 22.7. The molecule has 0 saturated heterocycles. The second-order valence-corrected chi connectivity index (χ2v) is 6.66. The Morgan fingerprint density at radius 3 is 2.10 bits per heavy atom. The number of amides is 1. The quantitative estimate of drug-likeness (QED) is 0.303. The summed E-state index contributed by atoms with van der Waals surface area (Å²) in [6.07, 6.45) is 0. The molecule has 3 rings (SSSR count). The summed E-state index contributed by atoms with van der Waals surface area (Å²) in [5.41, 5.74) is 6.86. The molecule has 9 heteroatoms. The number of anilines is 1. The summed E-state index contributed by atoms with van der Waals surface area (Å²) in [6, 6.07) is 13.2. The molecule has 1 heterocycles. The lowest BCUT2D eigenvalue weighted by molar-refractivity contribution is 0.0696. The Labute approximate surface area is 176 Å². The average Bonchev–Trinajstić information content (AvgIpc) is 2.73. The minimum Gasteiger partial charge on any atom is -0.478 e. The SMILES string of the molecule is Cc1ccc(-c2ccc(C(=O)O)cc2C(=O)O)c(C(=O)Nc2ccc(C(=N)N)cc2)n1. The molecule has 0 unspecified atom stereocenters. The highest BCUT2D eigenvalue weighted by Gasteiger charge is 2.21. The van der Waals surface area contributed by atoms with Crippen LogP contribution in [0.2, 0.25) is 0 Å². The van der Waals surface area contributed by atoms with Crippen molar-refractivity contribution in [3.05, 3.63) is 82.7 Å². The van der Waals surface area contributed by atoms with Gasteiger partial charge in [-0.3, -0.25) is 10.2 Å². The van der Waals surface area contributed by atoms with Crippen molar-refractivity contribution >= 4 is 29.4 Å². The van der Waals surface area contributed by atoms with Crippen molar-refractivity contribution in [1.29, 1.82) is 5.41 Å². The van der Waals surface area contributed by atoms with Crippen molar-refractivity contribution in [1.82, 2.24) is 4.98 Å². The predicted molar refractivity (Wildman–Crippen MR) is 114 cm³/mol. The number of benzene rings is 2. The molecule has 1 amide bonds. The topological polar surface area (TPSA) is 166 Å². The smallest absolute Gasteiger partial charge is 0.336 e. The van der Waals surface area contributed by atoms with Crippen LogP contribution in [0, 0.1) is 12.3 Å². The molecular formula is C22H18N4O5. The number of carbonyl (C=O) groups excluding carboxylic acids is 1. The van der Waals surface area contributed by atoms with Gasteiger partial charge in [0.1, 0.15) is 11.5 Å². The van der Waals surface area contributed by atoms with E-state index in [4.69, 9.17) is 16.2 Å². The Kier molecular flexibility index (Phi) is 5.78. The van der Waals surface area contributed by atoms with E-state index in [1.807, 2.05) is 0 Å². The molecule has 0 fully saturated rings. The number of hydrogen-bond donors (Lipinski definition) is 5. The molecule has 31 heavy (non-hydrogen) atoms. The van der Waals surface area contributed by atoms with Crippen LogP contribution < -0.4 is 11.1 Å². The van der Waals surface area contributed by atoms with Crippen LogP contribution >= 0.6 is 0 Å². The van der Waals surface area contributed by atoms with Gasteiger partial charge in [-0.25, -0.2) is 14.6 Å². The summed E-state index contributed by atoms with van der Waals surface area (Å²) in [7, 11) is 0. The van der Waals surface area contributed by atoms with Crippen LogP contribution in [0.5, 0.6) is 0 Å². The lowest BCUT2D eigenvalue weighted by atomic mass is 9.95. The number of nitrogens with zero attached hydrogens (tertiary/aromatic N) is 1. The van der Waals surface area contributed by atoms with Gasteiger partial charge in [-0.1, -0.05) is 12.1 Å². The highest BCUT2D eigenvalue weighted by molar-refractivity contribution is 6.09. The number of carbonyl (C=O) groups is 3. The first-order valence-corrected chi connectivity index (χ1v) is 9.02. The maximum Gasteiger partial charge on any atom is 0.336 e. The summed E-state index contributed by atoms with van der Waals surface area (Å²) in [5.74, 6) is -3.27. The summed E-state index contributed by atoms with van der Waals surface area (Å²) >= 11 is 0. The predicted octanol–water partition coefficient (Wildman–Crippen LogP) is 2.99. The second-order valence-electron chi connectivity index (χ2n) is 6.66. The summed E-state index contributed by atoms with van der Waals surface area (Å²) in [5, 5.41) is 28.8. The first kappa shape index (κ1) is 21.2. The summed E-state index contributed by atoms with van der Waals surface area (Å²) < 4.78 is 0. The van der Waals surface area contributed by atoms with Crippen LogP contribution in [0.1, 0.15) is 42.5 Å². The highest BCUT2D eigenvalue weighted by atomic mass is 16.4. The molecule has 0 atom stereocenters. The number of nitrogens with two attached hydrogens (primary N) is 1. The number of carboxylic acid groups (broad SMARTS) is 2. The maximum absolute atomic E-state index is 13.0. The number of pyridine rings is 1. The van der Waals surface area contributed by atoms with Crippen molar-refractivity contribution in [2.45, 2.75) is 6.92 Å². The third-order valence-electron chi connectivity index (χ3n) is 4.49. The van der Waals surface area contributed by atoms with Crippen molar-refractivity contribution in [3.63, 3.8) is 0 Å². The monoisotopic (exact) mass is 418 g/mol. The van der Waals surface area contributed by atoms with Crippen molar-refractivity contribution in [2.75, 3.05) is 5.32 Å². The Morgan fingerprint density at radius 1 is 0.903 bits per heavy atom. The van der Waals surface area contributed by atoms with Gasteiger partial charge in [0.05, 0.1) is 11.1 Å². The van der Waals surface area contributed by atoms with Gasteiger partial charge in [-0.15, -0.1) is 0 Å². The molecule has 9 nitrogen and oxygen atoms in total. The van der Waals surface area contributed by atoms with E-state index in [2.05, 4.69) is 10.3 Å². The van der Waals surface area contributed by atoms with E-state index < -0.39 is 17.8 Å². The molecule has 0 saturated carbocycles. The third-order valence-corrected chi connectivity index (χ3v) is 4.49. The number of hydrogen-bond acceptors (Lipinski definition) is 5. The molecule has 156 valence electrons. The van der Waals surface area contributed by atoms with Crippen molar-refractivity contribution in [3.8, 4) is 11.1 Å². The summed E-state index contributed by atoms with van der Waals surface area (Å²) in [6.45, 7) is 1.69. The molecule has 0 radical (unpaired) electrons. The fraction of sp³-hybridized carbons (Fsp3) is 0.0455. The largest absolute Gasteiger partial charge is 0.478 e. The number of aromatic nitrogens is 1. The van der Waals surface area contributed by atoms with E-state index in [1.165, 1.54) is 12.1 Å². The zero-order valence-electron chi connectivity index (χ0n) is 16.3. The molecule has 0 aliphatic rings. The number of aryl methyl sites for hydroxylation is 1. The van der Waals surface area contributed by atoms with Gasteiger partial charge >= 0.3 is 11.9 Å². The first-order valence-electron chi connectivity index (χ1n) is 9.02. The number of nitrogen functional groups attached to an aromatic ring is 1. The average molecular weight is 418 g/mol. The molecular weight excluding hydrogens is 400 g/mol. The van der Waals surface area contributed by atoms with Crippen LogP contribution in [0.25, 0.3) is 11.1 Å². The van der Waals surface area contributed by atoms with Gasteiger partial charge in [-0.05, 0) is 55.0 Å². The molecule has 1 aromatic heterocycles. The van der Waals surface area contributed by atoms with Gasteiger partial charge in [0, 0.05) is 22.5 Å². The molecule has 6 N–H and O–H groups in total. The zero-order valence-corrected chi connectivity index (χ0v) is 16.3. The lowest BCUT2D eigenvalue weighted by Gasteiger charge is -2.13. The lowest BCUT2D eigenvalue weighted by Crippen LogP contribution is -2.17. The van der Waals surface area contributed by atoms with Crippen molar-refractivity contribution < 1.29 is 24.6 Å². The Bertz CT molecular complexity index is 1220. The number of carboxylic acids is 2. The van der Waals surface area contributed by atoms with E-state index in [-0.39, 0.29) is 33.8 Å². The van der Waals surface area contributed by atoms with E-state index in [0.717, 1.165) is 6.07 Å². The number of amidine groups is 1. The van der Waals surface area contributed by atoms with E-state index in [0.29, 0.717) is 16.9 Å². The van der Waals surface area contributed by atoms with Crippen LogP contribution in [-0.2, 0) is 0 Å². The van der Waals surface area contributed by atoms with Crippen LogP contribution in [0.15, 0.2) is 54.6 Å². The summed E-state index contributed by atoms with van der Waals surface area (Å²) in [4.78, 5) is 40.2. The minimum absolute atomic E-state index is 0.0128. The van der Waals surface area contributed by atoms with Crippen LogP contribution in [0.4, 0.5) is 5.69 Å². The van der Waals surface area contributed by atoms with Gasteiger partial charge in [-0.2, -0.15) is 0 Å². The number of nitrogens with one attached hydrogen (secondary N) is 2. The fourth-order valence-corrected chi connectivity index (χ4v) is 2.96. The van der Waals surface area contributed by atoms with E-state index in [1.54, 1.807) is 43.3 Å². The second kappa shape index (κ2) is 8.46. The molecule has 0 aliphatic carbocycles. The molecule has 0 spiro atoms. The first-order chi connectivity index (χ1) is 14.7. The Hall–Kier alpha value is -4.53. The van der Waals surface area contributed by atoms with Gasteiger partial charge in [0.2, 0.25) is 0 Å². The standard InChI is InChI=1S/C22H18N4O5/c1-11-2-8-16(15-9-5-13(21(28)29)10-17(15)22(30)31)18(25-11)20(27)26-14-6-3-12(4-7-14)19(23)24/h2-10H,1H3,(H3,23,24)(H,26,27)(H,28,29)(H,30,31). The van der Waals surface area contributed by atoms with Gasteiger partial charge in [0.25, 0.3) is 5.91 Å². The normalized spacial score (nSPS) is 10.4. The molecule has 2 aromatic carbocycles. The van der Waals surface area contributed by atoms with E-state index in [9.17, 15) is 19.5 Å². The maximum atomic E-state index is 13.0. The number of rotatable bonds is 6. The molecule has 3 aromatic rings.